The van der Waals surface area contributed by atoms with Crippen molar-refractivity contribution >= 4 is 34.3 Å². The van der Waals surface area contributed by atoms with E-state index in [9.17, 15) is 28.7 Å². The summed E-state index contributed by atoms with van der Waals surface area (Å²) in [6.45, 7) is 7.05. The molecular weight excluding hydrogens is 530 g/mol. The Morgan fingerprint density at radius 1 is 1.15 bits per heavy atom. The molecule has 1 N–H and O–H groups in total. The standard InChI is InChI=1S/C26H27N3O9S/c1-15(2)38-20-10-8-19(9-11-20)36-13-21(30)27-22-24(31)28-23(16(3)14-39(35)25(22)28)26(32)37-12-17-4-6-18(7-5-17)29(33)34/h4-11,15,22-23,25H,3,12-14H2,1-2H3,(H,27,30)/t22?,23?,25-,39?/m1/s1. The van der Waals surface area contributed by atoms with Crippen LogP contribution in [0.2, 0.25) is 0 Å². The van der Waals surface area contributed by atoms with Crippen LogP contribution in [0.25, 0.3) is 0 Å². The monoisotopic (exact) mass is 557 g/mol. The first kappa shape index (κ1) is 27.8. The van der Waals surface area contributed by atoms with Crippen molar-refractivity contribution in [2.45, 2.75) is 44.0 Å². The molecule has 206 valence electrons. The minimum atomic E-state index is -1.59. The average molecular weight is 558 g/mol. The van der Waals surface area contributed by atoms with Gasteiger partial charge in [-0.15, -0.1) is 0 Å². The molecule has 39 heavy (non-hydrogen) atoms. The average Bonchev–Trinajstić information content (AvgIpc) is 2.89. The van der Waals surface area contributed by atoms with Crippen LogP contribution in [0.5, 0.6) is 11.5 Å². The molecule has 2 aliphatic heterocycles. The maximum atomic E-state index is 12.9. The molecule has 0 aliphatic carbocycles. The summed E-state index contributed by atoms with van der Waals surface area (Å²) in [6, 6.07) is 9.95. The van der Waals surface area contributed by atoms with Gasteiger partial charge >= 0.3 is 5.97 Å². The fourth-order valence-electron chi connectivity index (χ4n) is 4.19. The maximum Gasteiger partial charge on any atom is 0.333 e. The highest BCUT2D eigenvalue weighted by Crippen LogP contribution is 2.35. The van der Waals surface area contributed by atoms with E-state index < -0.39 is 51.0 Å². The molecule has 0 saturated carbocycles. The third kappa shape index (κ3) is 6.25. The number of hydrogen-bond donors (Lipinski definition) is 1. The van der Waals surface area contributed by atoms with Crippen LogP contribution in [-0.2, 0) is 36.5 Å². The number of nitro groups is 1. The second kappa shape index (κ2) is 11.6. The van der Waals surface area contributed by atoms with Gasteiger partial charge in [-0.05, 0) is 61.4 Å². The van der Waals surface area contributed by atoms with Crippen molar-refractivity contribution in [2.24, 2.45) is 0 Å². The third-order valence-electron chi connectivity index (χ3n) is 5.98. The van der Waals surface area contributed by atoms with Crippen molar-refractivity contribution in [3.8, 4) is 11.5 Å². The van der Waals surface area contributed by atoms with E-state index in [0.717, 1.165) is 4.90 Å². The van der Waals surface area contributed by atoms with Crippen LogP contribution in [0.15, 0.2) is 60.7 Å². The van der Waals surface area contributed by atoms with Gasteiger partial charge in [0.25, 0.3) is 11.6 Å². The zero-order valence-corrected chi connectivity index (χ0v) is 22.1. The molecule has 0 bridgehead atoms. The number of non-ortho nitro benzene ring substituents is 1. The summed E-state index contributed by atoms with van der Waals surface area (Å²) in [7, 11) is -1.59. The van der Waals surface area contributed by atoms with Crippen LogP contribution in [0.4, 0.5) is 5.69 Å². The predicted molar refractivity (Wildman–Crippen MR) is 139 cm³/mol. The second-order valence-corrected chi connectivity index (χ2v) is 10.8. The number of rotatable bonds is 10. The molecule has 2 saturated heterocycles. The lowest BCUT2D eigenvalue weighted by molar-refractivity contribution is -0.384. The first-order valence-electron chi connectivity index (χ1n) is 12.0. The Kier molecular flexibility index (Phi) is 8.29. The summed E-state index contributed by atoms with van der Waals surface area (Å²) in [4.78, 5) is 49.7. The lowest BCUT2D eigenvalue weighted by Gasteiger charge is -2.52. The van der Waals surface area contributed by atoms with E-state index in [4.69, 9.17) is 14.2 Å². The van der Waals surface area contributed by atoms with E-state index >= 15 is 0 Å². The molecule has 4 rings (SSSR count). The van der Waals surface area contributed by atoms with Crippen molar-refractivity contribution in [1.29, 1.82) is 0 Å². The fourth-order valence-corrected chi connectivity index (χ4v) is 5.85. The molecule has 2 fully saturated rings. The molecule has 4 atom stereocenters. The van der Waals surface area contributed by atoms with Gasteiger partial charge in [0.05, 0.1) is 21.8 Å². The molecule has 2 aromatic carbocycles. The SMILES string of the molecule is C=C1CS(=O)[C@@H]2C(NC(=O)COc3ccc(OC(C)C)cc3)C(=O)N2C1C(=O)OCc1ccc([N+](=O)[O-])cc1. The minimum Gasteiger partial charge on any atom is -0.491 e. The summed E-state index contributed by atoms with van der Waals surface area (Å²) in [5, 5.41) is 12.4. The molecule has 0 spiro atoms. The number of carbonyl (C=O) groups is 3. The van der Waals surface area contributed by atoms with Gasteiger partial charge in [-0.3, -0.25) is 23.9 Å². The quantitative estimate of drug-likeness (QED) is 0.151. The van der Waals surface area contributed by atoms with Crippen molar-refractivity contribution < 1.29 is 37.7 Å². The molecule has 0 aromatic heterocycles. The molecule has 12 nitrogen and oxygen atoms in total. The number of fused-ring (bicyclic) bond motifs is 1. The number of nitrogens with zero attached hydrogens (tertiary/aromatic N) is 2. The highest BCUT2D eigenvalue weighted by molar-refractivity contribution is 7.86. The van der Waals surface area contributed by atoms with E-state index in [-0.39, 0.29) is 36.3 Å². The Balaban J connectivity index is 1.32. The number of nitro benzene ring substituents is 1. The number of benzene rings is 2. The molecule has 0 radical (unpaired) electrons. The van der Waals surface area contributed by atoms with Crippen LogP contribution < -0.4 is 14.8 Å². The second-order valence-electron chi connectivity index (χ2n) is 9.23. The Morgan fingerprint density at radius 3 is 2.41 bits per heavy atom. The van der Waals surface area contributed by atoms with Gasteiger partial charge in [-0.1, -0.05) is 6.58 Å². The van der Waals surface area contributed by atoms with Gasteiger partial charge in [0.1, 0.15) is 29.5 Å². The van der Waals surface area contributed by atoms with E-state index in [1.54, 1.807) is 24.3 Å². The van der Waals surface area contributed by atoms with Crippen LogP contribution >= 0.6 is 0 Å². The Morgan fingerprint density at radius 2 is 1.79 bits per heavy atom. The number of nitrogens with one attached hydrogen (secondary N) is 1. The first-order chi connectivity index (χ1) is 18.5. The number of β-lactam (4-membered cyclic amide) rings is 1. The smallest absolute Gasteiger partial charge is 0.333 e. The summed E-state index contributed by atoms with van der Waals surface area (Å²) < 4.78 is 29.1. The van der Waals surface area contributed by atoms with Crippen molar-refractivity contribution in [3.05, 3.63) is 76.4 Å². The molecular formula is C26H27N3O9S. The van der Waals surface area contributed by atoms with E-state index in [2.05, 4.69) is 11.9 Å². The number of carbonyl (C=O) groups excluding carboxylic acids is 3. The molecule has 2 aliphatic rings. The lowest BCUT2D eigenvalue weighted by atomic mass is 9.98. The Bertz CT molecular complexity index is 1310. The van der Waals surface area contributed by atoms with E-state index in [1.807, 2.05) is 13.8 Å². The predicted octanol–water partition coefficient (Wildman–Crippen LogP) is 1.84. The lowest BCUT2D eigenvalue weighted by Crippen LogP contribution is -2.77. The number of hydrogen-bond acceptors (Lipinski definition) is 9. The zero-order valence-electron chi connectivity index (χ0n) is 21.2. The summed E-state index contributed by atoms with van der Waals surface area (Å²) in [5.74, 6) is -0.907. The van der Waals surface area contributed by atoms with Crippen LogP contribution in [0.3, 0.4) is 0 Å². The largest absolute Gasteiger partial charge is 0.491 e. The van der Waals surface area contributed by atoms with Gasteiger partial charge in [-0.25, -0.2) is 4.79 Å². The van der Waals surface area contributed by atoms with Gasteiger partial charge in [0, 0.05) is 17.9 Å². The molecule has 3 unspecified atom stereocenters. The van der Waals surface area contributed by atoms with Crippen molar-refractivity contribution in [2.75, 3.05) is 12.4 Å². The summed E-state index contributed by atoms with van der Waals surface area (Å²) in [6.07, 6.45) is 0.0149. The zero-order chi connectivity index (χ0) is 28.3. The van der Waals surface area contributed by atoms with Gasteiger partial charge in [0.2, 0.25) is 5.91 Å². The molecule has 13 heteroatoms. The van der Waals surface area contributed by atoms with Crippen molar-refractivity contribution in [3.63, 3.8) is 0 Å². The van der Waals surface area contributed by atoms with Gasteiger partial charge in [0.15, 0.2) is 12.6 Å². The normalized spacial score (nSPS) is 22.0. The topological polar surface area (TPSA) is 154 Å². The Labute approximate surface area is 226 Å². The highest BCUT2D eigenvalue weighted by Gasteiger charge is 2.59. The summed E-state index contributed by atoms with van der Waals surface area (Å²) >= 11 is 0. The fraction of sp³-hybridized carbons (Fsp3) is 0.346. The molecule has 2 amide bonds. The summed E-state index contributed by atoms with van der Waals surface area (Å²) in [5.41, 5.74) is 0.664. The van der Waals surface area contributed by atoms with Gasteiger partial charge in [-0.2, -0.15) is 0 Å². The minimum absolute atomic E-state index is 0.0149. The number of amides is 2. The molecule has 2 aromatic rings. The Hall–Kier alpha value is -4.26. The number of ether oxygens (including phenoxy) is 3. The van der Waals surface area contributed by atoms with Gasteiger partial charge < -0.3 is 24.4 Å². The van der Waals surface area contributed by atoms with E-state index in [0.29, 0.717) is 17.1 Å². The van der Waals surface area contributed by atoms with Crippen LogP contribution in [-0.4, -0.2) is 67.7 Å². The maximum absolute atomic E-state index is 12.9. The van der Waals surface area contributed by atoms with Crippen LogP contribution in [0.1, 0.15) is 19.4 Å². The highest BCUT2D eigenvalue weighted by atomic mass is 32.2. The van der Waals surface area contributed by atoms with Crippen LogP contribution in [0, 0.1) is 10.1 Å². The number of esters is 1. The van der Waals surface area contributed by atoms with Crippen molar-refractivity contribution in [1.82, 2.24) is 10.2 Å². The van der Waals surface area contributed by atoms with E-state index in [1.165, 1.54) is 24.3 Å². The first-order valence-corrected chi connectivity index (χ1v) is 13.4. The third-order valence-corrected chi connectivity index (χ3v) is 7.67. The molecule has 2 heterocycles.